The number of methoxy groups -OCH3 is 1. The zero-order chi connectivity index (χ0) is 26.1. The molecule has 0 bridgehead atoms. The van der Waals surface area contributed by atoms with E-state index in [0.717, 1.165) is 37.3 Å². The molecule has 1 atom stereocenters. The Bertz CT molecular complexity index is 1120. The van der Waals surface area contributed by atoms with Crippen molar-refractivity contribution in [1.29, 1.82) is 0 Å². The molecule has 0 radical (unpaired) electrons. The van der Waals surface area contributed by atoms with Crippen molar-refractivity contribution in [2.24, 2.45) is 0 Å². The summed E-state index contributed by atoms with van der Waals surface area (Å²) in [6, 6.07) is 6.67. The number of hydrogen-bond acceptors (Lipinski definition) is 3. The first-order valence-electron chi connectivity index (χ1n) is 11.6. The summed E-state index contributed by atoms with van der Waals surface area (Å²) in [5.74, 6) is 0.341. The van der Waals surface area contributed by atoms with E-state index in [2.05, 4.69) is 5.32 Å². The zero-order valence-corrected chi connectivity index (χ0v) is 19.4. The third-order valence-electron chi connectivity index (χ3n) is 6.47. The topological polar surface area (TPSA) is 47.6 Å². The molecule has 2 aromatic rings. The molecule has 194 valence electrons. The Morgan fingerprint density at radius 1 is 0.917 bits per heavy atom. The minimum atomic E-state index is -4.97. The quantitative estimate of drug-likeness (QED) is 0.356. The second-order valence-corrected chi connectivity index (χ2v) is 9.05. The van der Waals surface area contributed by atoms with Crippen molar-refractivity contribution >= 4 is 12.0 Å². The molecule has 2 aromatic carbocycles. The lowest BCUT2D eigenvalue weighted by Gasteiger charge is -2.26. The Balaban J connectivity index is 1.64. The molecule has 0 spiro atoms. The summed E-state index contributed by atoms with van der Waals surface area (Å²) in [6.07, 6.45) is -4.58. The van der Waals surface area contributed by atoms with Gasteiger partial charge in [-0.1, -0.05) is 6.07 Å². The van der Waals surface area contributed by atoms with Crippen molar-refractivity contribution in [1.82, 2.24) is 5.32 Å². The van der Waals surface area contributed by atoms with Crippen molar-refractivity contribution in [2.75, 3.05) is 13.7 Å². The van der Waals surface area contributed by atoms with Gasteiger partial charge in [0.05, 0.1) is 24.3 Å². The summed E-state index contributed by atoms with van der Waals surface area (Å²) in [6.45, 7) is 0.266. The molecule has 1 amide bonds. The van der Waals surface area contributed by atoms with Crippen LogP contribution in [-0.2, 0) is 17.1 Å². The van der Waals surface area contributed by atoms with E-state index in [1.54, 1.807) is 6.07 Å². The third kappa shape index (κ3) is 5.96. The number of amides is 1. The number of alkyl halides is 6. The predicted molar refractivity (Wildman–Crippen MR) is 121 cm³/mol. The summed E-state index contributed by atoms with van der Waals surface area (Å²) in [5, 5.41) is 2.69. The molecular formula is C26H25F6NO3. The van der Waals surface area contributed by atoms with E-state index in [9.17, 15) is 31.1 Å². The average molecular weight is 513 g/mol. The Hall–Kier alpha value is -3.17. The summed E-state index contributed by atoms with van der Waals surface area (Å²) >= 11 is 0. The molecule has 0 unspecified atom stereocenters. The molecule has 36 heavy (non-hydrogen) atoms. The zero-order valence-electron chi connectivity index (χ0n) is 19.4. The van der Waals surface area contributed by atoms with Crippen LogP contribution < -0.4 is 14.8 Å². The molecule has 0 aromatic heterocycles. The van der Waals surface area contributed by atoms with Crippen LogP contribution in [0.25, 0.3) is 6.08 Å². The van der Waals surface area contributed by atoms with Gasteiger partial charge < -0.3 is 14.8 Å². The highest BCUT2D eigenvalue weighted by Gasteiger charge is 2.37. The minimum Gasteiger partial charge on any atom is -0.493 e. The largest absolute Gasteiger partial charge is 0.493 e. The van der Waals surface area contributed by atoms with Gasteiger partial charge in [0.15, 0.2) is 11.5 Å². The first kappa shape index (κ1) is 25.9. The maximum atomic E-state index is 13.2. The number of rotatable bonds is 5. The van der Waals surface area contributed by atoms with Crippen LogP contribution in [0.15, 0.2) is 42.0 Å². The van der Waals surface area contributed by atoms with Crippen molar-refractivity contribution in [3.05, 3.63) is 64.2 Å². The number of halogens is 6. The van der Waals surface area contributed by atoms with E-state index in [1.165, 1.54) is 7.11 Å². The summed E-state index contributed by atoms with van der Waals surface area (Å²) < 4.78 is 90.9. The molecule has 4 rings (SSSR count). The molecule has 1 N–H and O–H groups in total. The monoisotopic (exact) mass is 513 g/mol. The van der Waals surface area contributed by atoms with E-state index in [4.69, 9.17) is 9.47 Å². The fourth-order valence-electron chi connectivity index (χ4n) is 4.61. The lowest BCUT2D eigenvalue weighted by molar-refractivity contribution is -0.143. The molecule has 1 aliphatic heterocycles. The summed E-state index contributed by atoms with van der Waals surface area (Å²) in [5.41, 5.74) is -2.30. The number of ether oxygens (including phenoxy) is 2. The van der Waals surface area contributed by atoms with Crippen LogP contribution >= 0.6 is 0 Å². The number of carbonyl (C=O) groups excluding carboxylic acids is 1. The van der Waals surface area contributed by atoms with Crippen LogP contribution in [0.5, 0.6) is 11.5 Å². The first-order chi connectivity index (χ1) is 16.9. The van der Waals surface area contributed by atoms with Crippen molar-refractivity contribution in [3.8, 4) is 11.5 Å². The van der Waals surface area contributed by atoms with Crippen LogP contribution in [0.4, 0.5) is 26.3 Å². The molecule has 2 aliphatic rings. The van der Waals surface area contributed by atoms with Crippen LogP contribution in [0.1, 0.15) is 60.3 Å². The van der Waals surface area contributed by atoms with Crippen LogP contribution in [-0.4, -0.2) is 25.7 Å². The van der Waals surface area contributed by atoms with E-state index < -0.39 is 29.4 Å². The minimum absolute atomic E-state index is 0.0645. The Kier molecular flexibility index (Phi) is 7.24. The Morgan fingerprint density at radius 3 is 2.14 bits per heavy atom. The van der Waals surface area contributed by atoms with Crippen molar-refractivity contribution in [3.63, 3.8) is 0 Å². The second kappa shape index (κ2) is 10.1. The van der Waals surface area contributed by atoms with Crippen molar-refractivity contribution in [2.45, 2.75) is 56.5 Å². The SMILES string of the molecule is COc1ccc([C@H]2CNC(=O)/C(=C/c3cc(C(F)(F)F)cc(C(F)(F)F)c3)C2)cc1OC1CCCC1. The number of carbonyl (C=O) groups is 1. The number of nitrogens with one attached hydrogen (secondary N) is 1. The maximum absolute atomic E-state index is 13.2. The molecular weight excluding hydrogens is 488 g/mol. The summed E-state index contributed by atoms with van der Waals surface area (Å²) in [4.78, 5) is 12.5. The Labute approximate surface area is 204 Å². The third-order valence-corrected chi connectivity index (χ3v) is 6.47. The van der Waals surface area contributed by atoms with Gasteiger partial charge in [0.25, 0.3) is 0 Å². The standard InChI is InChI=1S/C26H25F6NO3/c1-35-22-7-6-16(12-23(22)36-21-4-2-3-5-21)18-11-17(24(34)33-14-18)8-15-9-19(25(27,28)29)13-20(10-15)26(30,31)32/h6-10,12-13,18,21H,2-5,11,14H2,1H3,(H,33,34)/b17-8+/t18-/m1/s1. The van der Waals surface area contributed by atoms with E-state index in [-0.39, 0.29) is 42.2 Å². The van der Waals surface area contributed by atoms with Gasteiger partial charge in [0, 0.05) is 18.0 Å². The molecule has 1 aliphatic carbocycles. The van der Waals surface area contributed by atoms with Crippen LogP contribution in [0.3, 0.4) is 0 Å². The Morgan fingerprint density at radius 2 is 1.56 bits per heavy atom. The molecule has 1 heterocycles. The molecule has 1 saturated heterocycles. The van der Waals surface area contributed by atoms with Gasteiger partial charge in [0.1, 0.15) is 0 Å². The normalized spacial score (nSPS) is 20.5. The molecule has 10 heteroatoms. The highest BCUT2D eigenvalue weighted by atomic mass is 19.4. The van der Waals surface area contributed by atoms with Crippen LogP contribution in [0.2, 0.25) is 0 Å². The second-order valence-electron chi connectivity index (χ2n) is 9.05. The number of benzene rings is 2. The molecule has 1 saturated carbocycles. The van der Waals surface area contributed by atoms with Gasteiger partial charge in [-0.15, -0.1) is 0 Å². The van der Waals surface area contributed by atoms with Gasteiger partial charge in [-0.05, 0) is 79.6 Å². The van der Waals surface area contributed by atoms with Gasteiger partial charge >= 0.3 is 12.4 Å². The van der Waals surface area contributed by atoms with E-state index in [1.807, 2.05) is 12.1 Å². The number of hydrogen-bond donors (Lipinski definition) is 1. The highest BCUT2D eigenvalue weighted by molar-refractivity contribution is 5.98. The first-order valence-corrected chi connectivity index (χ1v) is 11.6. The van der Waals surface area contributed by atoms with Gasteiger partial charge in [0.2, 0.25) is 5.91 Å². The van der Waals surface area contributed by atoms with E-state index in [0.29, 0.717) is 23.6 Å². The van der Waals surface area contributed by atoms with Gasteiger partial charge in [-0.25, -0.2) is 0 Å². The highest BCUT2D eigenvalue weighted by Crippen LogP contribution is 2.39. The summed E-state index contributed by atoms with van der Waals surface area (Å²) in [7, 11) is 1.53. The average Bonchev–Trinajstić information content (AvgIpc) is 3.32. The lowest BCUT2D eigenvalue weighted by atomic mass is 9.87. The van der Waals surface area contributed by atoms with Crippen molar-refractivity contribution < 1.29 is 40.6 Å². The fraction of sp³-hybridized carbons (Fsp3) is 0.423. The smallest absolute Gasteiger partial charge is 0.416 e. The van der Waals surface area contributed by atoms with Crippen LogP contribution in [0, 0.1) is 0 Å². The molecule has 4 nitrogen and oxygen atoms in total. The van der Waals surface area contributed by atoms with Gasteiger partial charge in [-0.3, -0.25) is 4.79 Å². The molecule has 2 fully saturated rings. The fourth-order valence-corrected chi connectivity index (χ4v) is 4.61. The maximum Gasteiger partial charge on any atom is 0.416 e. The predicted octanol–water partition coefficient (Wildman–Crippen LogP) is 6.74. The van der Waals surface area contributed by atoms with Gasteiger partial charge in [-0.2, -0.15) is 26.3 Å². The van der Waals surface area contributed by atoms with E-state index >= 15 is 0 Å². The lowest BCUT2D eigenvalue weighted by Crippen LogP contribution is -2.35. The number of piperidine rings is 1.